The van der Waals surface area contributed by atoms with E-state index >= 15 is 0 Å². The van der Waals surface area contributed by atoms with Crippen molar-refractivity contribution in [3.05, 3.63) is 18.3 Å². The van der Waals surface area contributed by atoms with Crippen molar-refractivity contribution in [2.24, 2.45) is 0 Å². The second-order valence-electron chi connectivity index (χ2n) is 6.39. The Balaban J connectivity index is 1.83. The minimum absolute atomic E-state index is 0.0262. The van der Waals surface area contributed by atoms with Gasteiger partial charge in [-0.15, -0.1) is 0 Å². The van der Waals surface area contributed by atoms with E-state index in [2.05, 4.69) is 10.3 Å². The zero-order valence-corrected chi connectivity index (χ0v) is 14.8. The van der Waals surface area contributed by atoms with Crippen molar-refractivity contribution in [1.82, 2.24) is 14.6 Å². The predicted molar refractivity (Wildman–Crippen MR) is 85.3 cm³/mol. The van der Waals surface area contributed by atoms with Crippen molar-refractivity contribution >= 4 is 19.9 Å². The van der Waals surface area contributed by atoms with Gasteiger partial charge in [-0.05, 0) is 37.8 Å². The monoisotopic (exact) mass is 359 g/mol. The molecule has 0 spiro atoms. The topological polar surface area (TPSA) is 96.4 Å². The molecule has 0 radical (unpaired) electrons. The molecule has 1 N–H and O–H groups in total. The van der Waals surface area contributed by atoms with Gasteiger partial charge in [0.05, 0.1) is 0 Å². The van der Waals surface area contributed by atoms with Crippen LogP contribution in [0, 0.1) is 0 Å². The van der Waals surface area contributed by atoms with Crippen molar-refractivity contribution < 1.29 is 16.8 Å². The number of nitrogens with zero attached hydrogens (tertiary/aromatic N) is 2. The number of sulfone groups is 1. The van der Waals surface area contributed by atoms with E-state index in [9.17, 15) is 16.8 Å². The molecule has 7 nitrogen and oxygen atoms in total. The largest absolute Gasteiger partial charge is 0.311 e. The van der Waals surface area contributed by atoms with Crippen LogP contribution in [0.2, 0.25) is 0 Å². The van der Waals surface area contributed by atoms with Gasteiger partial charge in [0.25, 0.3) is 0 Å². The Labute approximate surface area is 137 Å². The van der Waals surface area contributed by atoms with E-state index in [-0.39, 0.29) is 16.0 Å². The molecule has 3 heterocycles. The van der Waals surface area contributed by atoms with Gasteiger partial charge in [0.1, 0.15) is 4.90 Å². The number of fused-ring (bicyclic) bond motifs is 2. The molecule has 1 aromatic heterocycles. The van der Waals surface area contributed by atoms with Crippen LogP contribution in [0.25, 0.3) is 0 Å². The summed E-state index contributed by atoms with van der Waals surface area (Å²) in [6.45, 7) is 0. The van der Waals surface area contributed by atoms with Gasteiger partial charge >= 0.3 is 0 Å². The van der Waals surface area contributed by atoms with Crippen LogP contribution in [0.1, 0.15) is 25.7 Å². The van der Waals surface area contributed by atoms with Crippen molar-refractivity contribution in [3.8, 4) is 0 Å². The standard InChI is InChI=1S/C14H21N3O4S2/c1-17(12-7-10-3-4-11(8-12)16-10)23(20,21)13-5-6-14(15-9-13)22(2,18)19/h5-6,9-12,16H,3-4,7-8H2,1-2H3. The maximum absolute atomic E-state index is 12.7. The molecule has 2 aliphatic rings. The van der Waals surface area contributed by atoms with E-state index in [0.717, 1.165) is 38.1 Å². The summed E-state index contributed by atoms with van der Waals surface area (Å²) in [7, 11) is -5.52. The van der Waals surface area contributed by atoms with Gasteiger partial charge in [0.15, 0.2) is 14.9 Å². The summed E-state index contributed by atoms with van der Waals surface area (Å²) in [4.78, 5) is 3.81. The zero-order chi connectivity index (χ0) is 16.8. The smallest absolute Gasteiger partial charge is 0.244 e. The molecule has 2 bridgehead atoms. The number of sulfonamides is 1. The van der Waals surface area contributed by atoms with Crippen LogP contribution in [-0.2, 0) is 19.9 Å². The van der Waals surface area contributed by atoms with Crippen LogP contribution >= 0.6 is 0 Å². The van der Waals surface area contributed by atoms with Gasteiger partial charge in [-0.2, -0.15) is 4.31 Å². The first-order valence-electron chi connectivity index (χ1n) is 7.58. The third-order valence-electron chi connectivity index (χ3n) is 4.73. The normalized spacial score (nSPS) is 28.2. The Morgan fingerprint density at radius 2 is 1.74 bits per heavy atom. The fraction of sp³-hybridized carbons (Fsp3) is 0.643. The molecular weight excluding hydrogens is 338 g/mol. The van der Waals surface area contributed by atoms with E-state index in [0.29, 0.717) is 12.1 Å². The van der Waals surface area contributed by atoms with Gasteiger partial charge in [0.2, 0.25) is 10.0 Å². The van der Waals surface area contributed by atoms with Crippen molar-refractivity contribution in [2.75, 3.05) is 13.3 Å². The van der Waals surface area contributed by atoms with E-state index in [4.69, 9.17) is 0 Å². The lowest BCUT2D eigenvalue weighted by molar-refractivity contribution is 0.251. The van der Waals surface area contributed by atoms with E-state index < -0.39 is 19.9 Å². The highest BCUT2D eigenvalue weighted by Crippen LogP contribution is 2.31. The summed E-state index contributed by atoms with van der Waals surface area (Å²) in [6.07, 6.45) is 5.97. The Bertz CT molecular complexity index is 778. The molecule has 0 aliphatic carbocycles. The molecule has 2 atom stereocenters. The Morgan fingerprint density at radius 1 is 1.13 bits per heavy atom. The van der Waals surface area contributed by atoms with Gasteiger partial charge in [-0.25, -0.2) is 21.8 Å². The average Bonchev–Trinajstić information content (AvgIpc) is 2.84. The summed E-state index contributed by atoms with van der Waals surface area (Å²) in [5.41, 5.74) is 0. The SMILES string of the molecule is CN(C1CC2CCC(C1)N2)S(=O)(=O)c1ccc(S(C)(=O)=O)nc1. The average molecular weight is 359 g/mol. The lowest BCUT2D eigenvalue weighted by Gasteiger charge is -2.34. The first kappa shape index (κ1) is 16.8. The van der Waals surface area contributed by atoms with E-state index in [1.807, 2.05) is 0 Å². The number of hydrogen-bond donors (Lipinski definition) is 1. The highest BCUT2D eigenvalue weighted by atomic mass is 32.2. The minimum Gasteiger partial charge on any atom is -0.311 e. The predicted octanol–water partition coefficient (Wildman–Crippen LogP) is 0.389. The minimum atomic E-state index is -3.67. The molecule has 0 amide bonds. The second kappa shape index (κ2) is 5.80. The highest BCUT2D eigenvalue weighted by Gasteiger charge is 2.38. The van der Waals surface area contributed by atoms with Crippen LogP contribution in [0.3, 0.4) is 0 Å². The van der Waals surface area contributed by atoms with E-state index in [1.54, 1.807) is 7.05 Å². The summed E-state index contributed by atoms with van der Waals surface area (Å²) in [5, 5.41) is 3.36. The third kappa shape index (κ3) is 3.28. The molecule has 2 fully saturated rings. The van der Waals surface area contributed by atoms with Gasteiger partial charge in [0, 0.05) is 37.6 Å². The second-order valence-corrected chi connectivity index (χ2v) is 10.3. The molecule has 0 aromatic carbocycles. The van der Waals surface area contributed by atoms with Crippen LogP contribution in [0.15, 0.2) is 28.3 Å². The quantitative estimate of drug-likeness (QED) is 0.835. The fourth-order valence-electron chi connectivity index (χ4n) is 3.43. The Kier molecular flexibility index (Phi) is 4.24. The fourth-order valence-corrected chi connectivity index (χ4v) is 5.31. The van der Waals surface area contributed by atoms with Gasteiger partial charge in [-0.3, -0.25) is 0 Å². The molecule has 2 saturated heterocycles. The van der Waals surface area contributed by atoms with Crippen molar-refractivity contribution in [2.45, 2.75) is 53.7 Å². The summed E-state index contributed by atoms with van der Waals surface area (Å²) >= 11 is 0. The number of rotatable bonds is 4. The first-order chi connectivity index (χ1) is 10.7. The Morgan fingerprint density at radius 3 is 2.22 bits per heavy atom. The number of piperidine rings is 1. The molecule has 2 unspecified atom stereocenters. The van der Waals surface area contributed by atoms with Gasteiger partial charge < -0.3 is 5.32 Å². The van der Waals surface area contributed by atoms with E-state index in [1.165, 1.54) is 16.4 Å². The molecule has 1 aromatic rings. The molecule has 9 heteroatoms. The summed E-state index contributed by atoms with van der Waals surface area (Å²) in [6, 6.07) is 3.30. The first-order valence-corrected chi connectivity index (χ1v) is 10.9. The lowest BCUT2D eigenvalue weighted by Crippen LogP contribution is -2.48. The number of hydrogen-bond acceptors (Lipinski definition) is 6. The lowest BCUT2D eigenvalue weighted by atomic mass is 10.0. The molecule has 0 saturated carbocycles. The van der Waals surface area contributed by atoms with Crippen LogP contribution in [-0.4, -0.2) is 57.6 Å². The van der Waals surface area contributed by atoms with Crippen LogP contribution in [0.5, 0.6) is 0 Å². The maximum atomic E-state index is 12.7. The Hall–Kier alpha value is -1.03. The van der Waals surface area contributed by atoms with Crippen LogP contribution < -0.4 is 5.32 Å². The third-order valence-corrected chi connectivity index (χ3v) is 7.62. The molecule has 23 heavy (non-hydrogen) atoms. The molecular formula is C14H21N3O4S2. The zero-order valence-electron chi connectivity index (χ0n) is 13.1. The highest BCUT2D eigenvalue weighted by molar-refractivity contribution is 7.90. The van der Waals surface area contributed by atoms with Crippen molar-refractivity contribution in [3.63, 3.8) is 0 Å². The summed E-state index contributed by atoms with van der Waals surface area (Å²) < 4.78 is 49.7. The number of aromatic nitrogens is 1. The maximum Gasteiger partial charge on any atom is 0.244 e. The number of pyridine rings is 1. The van der Waals surface area contributed by atoms with Crippen LogP contribution in [0.4, 0.5) is 0 Å². The van der Waals surface area contributed by atoms with Gasteiger partial charge in [-0.1, -0.05) is 0 Å². The van der Waals surface area contributed by atoms with Crippen molar-refractivity contribution in [1.29, 1.82) is 0 Å². The molecule has 3 rings (SSSR count). The molecule has 128 valence electrons. The number of nitrogens with one attached hydrogen (secondary N) is 1. The molecule has 2 aliphatic heterocycles. The summed E-state index contributed by atoms with van der Waals surface area (Å²) in [5.74, 6) is 0.